The molecule has 1 aromatic rings. The van der Waals surface area contributed by atoms with Gasteiger partial charge < -0.3 is 9.84 Å². The summed E-state index contributed by atoms with van der Waals surface area (Å²) < 4.78 is 5.77. The Morgan fingerprint density at radius 3 is 2.38 bits per heavy atom. The van der Waals surface area contributed by atoms with Gasteiger partial charge in [-0.25, -0.2) is 4.79 Å². The number of hydrogen-bond donors (Lipinski definition) is 1. The fraction of sp³-hybridized carbons (Fsp3) is 0.412. The van der Waals surface area contributed by atoms with Crippen LogP contribution in [0.1, 0.15) is 49.5 Å². The molecule has 21 heavy (non-hydrogen) atoms. The van der Waals surface area contributed by atoms with Crippen LogP contribution in [0.15, 0.2) is 30.4 Å². The van der Waals surface area contributed by atoms with Gasteiger partial charge in [0.05, 0.1) is 6.61 Å². The Balaban J connectivity index is 3.02. The third-order valence-corrected chi connectivity index (χ3v) is 2.87. The maximum absolute atomic E-state index is 11.9. The first-order valence-electron chi connectivity index (χ1n) is 7.03. The molecule has 0 spiro atoms. The second-order valence-electron chi connectivity index (χ2n) is 5.65. The van der Waals surface area contributed by atoms with Gasteiger partial charge in [-0.15, -0.1) is 0 Å². The number of ether oxygens (including phenoxy) is 1. The molecule has 114 valence electrons. The lowest BCUT2D eigenvalue weighted by atomic mass is 9.98. The molecule has 0 aliphatic heterocycles. The monoisotopic (exact) mass is 290 g/mol. The Morgan fingerprint density at radius 2 is 1.86 bits per heavy atom. The van der Waals surface area contributed by atoms with E-state index in [1.165, 1.54) is 0 Å². The molecule has 1 N–H and O–H groups in total. The Labute approximate surface area is 125 Å². The molecule has 0 bridgehead atoms. The molecule has 1 rings (SSSR count). The van der Waals surface area contributed by atoms with E-state index in [-0.39, 0.29) is 11.7 Å². The first-order chi connectivity index (χ1) is 9.81. The number of hydrogen-bond acceptors (Lipinski definition) is 3. The number of carboxylic acid groups (broad SMARTS) is 1. The Kier molecular flexibility index (Phi) is 6.15. The number of aliphatic carboxylic acids is 1. The molecule has 0 heterocycles. The first-order valence-corrected chi connectivity index (χ1v) is 7.03. The van der Waals surface area contributed by atoms with Gasteiger partial charge in [-0.2, -0.15) is 0 Å². The van der Waals surface area contributed by atoms with Crippen molar-refractivity contribution >= 4 is 11.8 Å². The topological polar surface area (TPSA) is 63.6 Å². The zero-order chi connectivity index (χ0) is 16.0. The van der Waals surface area contributed by atoms with Gasteiger partial charge in [-0.3, -0.25) is 4.79 Å². The van der Waals surface area contributed by atoms with Gasteiger partial charge in [0.1, 0.15) is 5.75 Å². The molecular weight excluding hydrogens is 268 g/mol. The van der Waals surface area contributed by atoms with Crippen LogP contribution in [0.25, 0.3) is 0 Å². The van der Waals surface area contributed by atoms with Crippen molar-refractivity contribution in [2.45, 2.75) is 33.6 Å². The third kappa shape index (κ3) is 5.42. The van der Waals surface area contributed by atoms with Crippen LogP contribution in [0.4, 0.5) is 0 Å². The highest BCUT2D eigenvalue weighted by molar-refractivity contribution is 6.07. The van der Waals surface area contributed by atoms with E-state index in [4.69, 9.17) is 9.84 Å². The third-order valence-electron chi connectivity index (χ3n) is 2.87. The van der Waals surface area contributed by atoms with Gasteiger partial charge in [-0.1, -0.05) is 27.7 Å². The Morgan fingerprint density at radius 1 is 1.19 bits per heavy atom. The summed E-state index contributed by atoms with van der Waals surface area (Å²) in [6.07, 6.45) is 1.91. The highest BCUT2D eigenvalue weighted by atomic mass is 16.5. The standard InChI is InChI=1S/C17H22O4/c1-11(2)10-21-16-7-5-13(9-14(16)12(3)4)15(18)6-8-17(19)20/h5-9,11-12H,10H2,1-4H3,(H,19,20)/b8-6+. The smallest absolute Gasteiger partial charge is 0.328 e. The highest BCUT2D eigenvalue weighted by Gasteiger charge is 2.12. The number of carboxylic acids is 1. The lowest BCUT2D eigenvalue weighted by Gasteiger charge is -2.16. The maximum Gasteiger partial charge on any atom is 0.328 e. The minimum Gasteiger partial charge on any atom is -0.493 e. The normalized spacial score (nSPS) is 11.3. The fourth-order valence-corrected chi connectivity index (χ4v) is 1.78. The van der Waals surface area contributed by atoms with E-state index < -0.39 is 5.97 Å². The van der Waals surface area contributed by atoms with Crippen molar-refractivity contribution in [3.8, 4) is 5.75 Å². The average molecular weight is 290 g/mol. The van der Waals surface area contributed by atoms with Gasteiger partial charge in [0.15, 0.2) is 5.78 Å². The molecule has 4 nitrogen and oxygen atoms in total. The van der Waals surface area contributed by atoms with Crippen LogP contribution in [0.3, 0.4) is 0 Å². The van der Waals surface area contributed by atoms with Crippen molar-refractivity contribution < 1.29 is 19.4 Å². The largest absolute Gasteiger partial charge is 0.493 e. The van der Waals surface area contributed by atoms with Crippen LogP contribution in [0.2, 0.25) is 0 Å². The predicted octanol–water partition coefficient (Wildman–Crippen LogP) is 3.67. The van der Waals surface area contributed by atoms with Crippen LogP contribution in [0, 0.1) is 5.92 Å². The molecule has 0 saturated heterocycles. The second kappa shape index (κ2) is 7.62. The Hall–Kier alpha value is -2.10. The quantitative estimate of drug-likeness (QED) is 0.614. The highest BCUT2D eigenvalue weighted by Crippen LogP contribution is 2.28. The SMILES string of the molecule is CC(C)COc1ccc(C(=O)/C=C/C(=O)O)cc1C(C)C. The molecule has 4 heteroatoms. The van der Waals surface area contributed by atoms with Crippen molar-refractivity contribution in [1.29, 1.82) is 0 Å². The van der Waals surface area contributed by atoms with E-state index in [0.717, 1.165) is 23.5 Å². The second-order valence-corrected chi connectivity index (χ2v) is 5.65. The van der Waals surface area contributed by atoms with Gasteiger partial charge in [0, 0.05) is 11.6 Å². The molecule has 0 unspecified atom stereocenters. The van der Waals surface area contributed by atoms with Crippen molar-refractivity contribution in [2.75, 3.05) is 6.61 Å². The molecule has 0 aromatic heterocycles. The predicted molar refractivity (Wildman–Crippen MR) is 82.0 cm³/mol. The van der Waals surface area contributed by atoms with Crippen molar-refractivity contribution in [2.24, 2.45) is 5.92 Å². The zero-order valence-corrected chi connectivity index (χ0v) is 12.9. The lowest BCUT2D eigenvalue weighted by molar-refractivity contribution is -0.131. The molecule has 1 aromatic carbocycles. The van der Waals surface area contributed by atoms with Crippen LogP contribution in [0.5, 0.6) is 5.75 Å². The molecule has 0 aliphatic rings. The summed E-state index contributed by atoms with van der Waals surface area (Å²) in [4.78, 5) is 22.4. The fourth-order valence-electron chi connectivity index (χ4n) is 1.78. The molecule has 0 aliphatic carbocycles. The van der Waals surface area contributed by atoms with E-state index in [1.807, 2.05) is 13.8 Å². The number of benzene rings is 1. The van der Waals surface area contributed by atoms with Crippen LogP contribution < -0.4 is 4.74 Å². The van der Waals surface area contributed by atoms with Gasteiger partial charge >= 0.3 is 5.97 Å². The summed E-state index contributed by atoms with van der Waals surface area (Å²) in [5.74, 6) is -0.0512. The van der Waals surface area contributed by atoms with Crippen LogP contribution in [-0.2, 0) is 4.79 Å². The van der Waals surface area contributed by atoms with Gasteiger partial charge in [0.2, 0.25) is 0 Å². The minimum absolute atomic E-state index is 0.211. The van der Waals surface area contributed by atoms with Crippen molar-refractivity contribution in [3.63, 3.8) is 0 Å². The van der Waals surface area contributed by atoms with Gasteiger partial charge in [-0.05, 0) is 41.7 Å². The number of rotatable bonds is 7. The summed E-state index contributed by atoms with van der Waals surface area (Å²) in [7, 11) is 0. The summed E-state index contributed by atoms with van der Waals surface area (Å²) in [6, 6.07) is 5.21. The summed E-state index contributed by atoms with van der Waals surface area (Å²) in [6.45, 7) is 8.82. The Bertz CT molecular complexity index is 542. The van der Waals surface area contributed by atoms with Gasteiger partial charge in [0.25, 0.3) is 0 Å². The van der Waals surface area contributed by atoms with Crippen molar-refractivity contribution in [3.05, 3.63) is 41.5 Å². The lowest BCUT2D eigenvalue weighted by Crippen LogP contribution is -2.08. The first kappa shape index (κ1) is 17.0. The number of carbonyl (C=O) groups is 2. The number of ketones is 1. The molecular formula is C17H22O4. The van der Waals surface area contributed by atoms with E-state index >= 15 is 0 Å². The summed E-state index contributed by atoms with van der Waals surface area (Å²) in [5, 5.41) is 8.56. The summed E-state index contributed by atoms with van der Waals surface area (Å²) in [5.41, 5.74) is 1.42. The molecule has 0 atom stereocenters. The van der Waals surface area contributed by atoms with E-state index in [1.54, 1.807) is 18.2 Å². The van der Waals surface area contributed by atoms with E-state index in [9.17, 15) is 9.59 Å². The molecule has 0 fully saturated rings. The van der Waals surface area contributed by atoms with Crippen LogP contribution >= 0.6 is 0 Å². The molecule has 0 amide bonds. The minimum atomic E-state index is -1.13. The van der Waals surface area contributed by atoms with E-state index in [0.29, 0.717) is 18.1 Å². The summed E-state index contributed by atoms with van der Waals surface area (Å²) >= 11 is 0. The number of carbonyl (C=O) groups excluding carboxylic acids is 1. The zero-order valence-electron chi connectivity index (χ0n) is 12.9. The molecule has 0 radical (unpaired) electrons. The maximum atomic E-state index is 11.9. The van der Waals surface area contributed by atoms with E-state index in [2.05, 4.69) is 13.8 Å². The number of allylic oxidation sites excluding steroid dienone is 1. The molecule has 0 saturated carbocycles. The average Bonchev–Trinajstić information content (AvgIpc) is 2.42. The van der Waals surface area contributed by atoms with Crippen molar-refractivity contribution in [1.82, 2.24) is 0 Å². The van der Waals surface area contributed by atoms with Crippen LogP contribution in [-0.4, -0.2) is 23.5 Å².